The highest BCUT2D eigenvalue weighted by atomic mass is 16.5. The van der Waals surface area contributed by atoms with Crippen molar-refractivity contribution in [3.63, 3.8) is 0 Å². The van der Waals surface area contributed by atoms with Gasteiger partial charge in [0.2, 0.25) is 0 Å². The van der Waals surface area contributed by atoms with E-state index in [1.807, 2.05) is 7.05 Å². The van der Waals surface area contributed by atoms with Crippen molar-refractivity contribution in [3.05, 3.63) is 0 Å². The second-order valence-electron chi connectivity index (χ2n) is 4.01. The smallest absolute Gasteiger partial charge is 0.0561 e. The van der Waals surface area contributed by atoms with Crippen LogP contribution in [-0.4, -0.2) is 25.8 Å². The number of nitrogens with one attached hydrogen (secondary N) is 1. The van der Waals surface area contributed by atoms with Gasteiger partial charge in [0.25, 0.3) is 0 Å². The zero-order valence-electron chi connectivity index (χ0n) is 8.47. The molecule has 0 amide bonds. The van der Waals surface area contributed by atoms with Crippen LogP contribution in [0.2, 0.25) is 0 Å². The van der Waals surface area contributed by atoms with Gasteiger partial charge in [0, 0.05) is 12.6 Å². The Hall–Kier alpha value is -0.0800. The van der Waals surface area contributed by atoms with Crippen LogP contribution in [0.1, 0.15) is 33.1 Å². The fourth-order valence-electron chi connectivity index (χ4n) is 1.27. The van der Waals surface area contributed by atoms with E-state index in [0.29, 0.717) is 12.1 Å². The van der Waals surface area contributed by atoms with Gasteiger partial charge in [-0.3, -0.25) is 0 Å². The molecule has 0 bridgehead atoms. The average molecular weight is 171 g/mol. The van der Waals surface area contributed by atoms with Crippen molar-refractivity contribution in [3.8, 4) is 0 Å². The summed E-state index contributed by atoms with van der Waals surface area (Å²) in [5.74, 6) is 0.886. The van der Waals surface area contributed by atoms with Gasteiger partial charge in [-0.25, -0.2) is 0 Å². The van der Waals surface area contributed by atoms with E-state index in [1.165, 1.54) is 12.8 Å². The van der Waals surface area contributed by atoms with Crippen molar-refractivity contribution in [2.45, 2.75) is 45.3 Å². The first-order chi connectivity index (χ1) is 5.72. The van der Waals surface area contributed by atoms with Gasteiger partial charge in [0.05, 0.1) is 6.10 Å². The fraction of sp³-hybridized carbons (Fsp3) is 1.00. The summed E-state index contributed by atoms with van der Waals surface area (Å²) >= 11 is 0. The molecule has 1 aliphatic carbocycles. The molecule has 0 aromatic carbocycles. The predicted molar refractivity (Wildman–Crippen MR) is 51.3 cm³/mol. The Bertz CT molecular complexity index is 123. The van der Waals surface area contributed by atoms with Crippen LogP contribution in [0.15, 0.2) is 0 Å². The lowest BCUT2D eigenvalue weighted by Crippen LogP contribution is -2.27. The Morgan fingerprint density at radius 1 is 1.42 bits per heavy atom. The van der Waals surface area contributed by atoms with Crippen molar-refractivity contribution in [1.82, 2.24) is 5.32 Å². The number of ether oxygens (including phenoxy) is 1. The van der Waals surface area contributed by atoms with E-state index in [9.17, 15) is 0 Å². The molecular formula is C10H21NO. The third kappa shape index (κ3) is 4.07. The standard InChI is InChI=1S/C10H21NO/c1-8(11-3)6-9(2)12-7-10-4-5-10/h8-11H,4-7H2,1-3H3. The lowest BCUT2D eigenvalue weighted by Gasteiger charge is -2.17. The Labute approximate surface area is 75.7 Å². The predicted octanol–water partition coefficient (Wildman–Crippen LogP) is 1.80. The summed E-state index contributed by atoms with van der Waals surface area (Å²) in [4.78, 5) is 0. The first-order valence-electron chi connectivity index (χ1n) is 5.01. The second-order valence-corrected chi connectivity index (χ2v) is 4.01. The summed E-state index contributed by atoms with van der Waals surface area (Å²) in [5.41, 5.74) is 0. The van der Waals surface area contributed by atoms with Crippen molar-refractivity contribution >= 4 is 0 Å². The van der Waals surface area contributed by atoms with Crippen LogP contribution >= 0.6 is 0 Å². The van der Waals surface area contributed by atoms with E-state index >= 15 is 0 Å². The lowest BCUT2D eigenvalue weighted by molar-refractivity contribution is 0.0476. The third-order valence-electron chi connectivity index (χ3n) is 2.49. The van der Waals surface area contributed by atoms with Gasteiger partial charge in [-0.15, -0.1) is 0 Å². The minimum atomic E-state index is 0.410. The number of rotatable bonds is 6. The molecule has 0 radical (unpaired) electrons. The number of hydrogen-bond acceptors (Lipinski definition) is 2. The summed E-state index contributed by atoms with van der Waals surface area (Å²) in [7, 11) is 2.00. The Balaban J connectivity index is 1.97. The van der Waals surface area contributed by atoms with Crippen molar-refractivity contribution in [1.29, 1.82) is 0 Å². The second kappa shape index (κ2) is 4.83. The van der Waals surface area contributed by atoms with E-state index in [1.54, 1.807) is 0 Å². The maximum atomic E-state index is 5.70. The lowest BCUT2D eigenvalue weighted by atomic mass is 10.1. The van der Waals surface area contributed by atoms with Gasteiger partial charge in [-0.1, -0.05) is 0 Å². The minimum Gasteiger partial charge on any atom is -0.378 e. The topological polar surface area (TPSA) is 21.3 Å². The highest BCUT2D eigenvalue weighted by Crippen LogP contribution is 2.29. The molecule has 1 fully saturated rings. The van der Waals surface area contributed by atoms with Gasteiger partial charge in [-0.05, 0) is 46.1 Å². The van der Waals surface area contributed by atoms with Crippen LogP contribution in [-0.2, 0) is 4.74 Å². The molecule has 2 unspecified atom stereocenters. The Morgan fingerprint density at radius 3 is 2.58 bits per heavy atom. The van der Waals surface area contributed by atoms with Crippen LogP contribution in [0.25, 0.3) is 0 Å². The van der Waals surface area contributed by atoms with Crippen LogP contribution in [0, 0.1) is 5.92 Å². The fourth-order valence-corrected chi connectivity index (χ4v) is 1.27. The quantitative estimate of drug-likeness (QED) is 0.658. The summed E-state index contributed by atoms with van der Waals surface area (Å²) < 4.78 is 5.70. The molecule has 0 heterocycles. The molecule has 0 saturated heterocycles. The normalized spacial score (nSPS) is 22.2. The summed E-state index contributed by atoms with van der Waals surface area (Å²) in [6.45, 7) is 5.34. The molecule has 0 spiro atoms. The van der Waals surface area contributed by atoms with Crippen LogP contribution in [0.3, 0.4) is 0 Å². The maximum Gasteiger partial charge on any atom is 0.0561 e. The average Bonchev–Trinajstić information content (AvgIpc) is 2.83. The zero-order chi connectivity index (χ0) is 8.97. The number of hydrogen-bond donors (Lipinski definition) is 1. The van der Waals surface area contributed by atoms with E-state index in [2.05, 4.69) is 19.2 Å². The van der Waals surface area contributed by atoms with Crippen LogP contribution < -0.4 is 5.32 Å². The van der Waals surface area contributed by atoms with E-state index in [-0.39, 0.29) is 0 Å². The van der Waals surface area contributed by atoms with Gasteiger partial charge in [-0.2, -0.15) is 0 Å². The molecule has 1 rings (SSSR count). The highest BCUT2D eigenvalue weighted by molar-refractivity contribution is 4.73. The van der Waals surface area contributed by atoms with E-state index < -0.39 is 0 Å². The monoisotopic (exact) mass is 171 g/mol. The first-order valence-corrected chi connectivity index (χ1v) is 5.01. The van der Waals surface area contributed by atoms with Crippen molar-refractivity contribution < 1.29 is 4.74 Å². The molecular weight excluding hydrogens is 150 g/mol. The molecule has 1 N–H and O–H groups in total. The molecule has 2 nitrogen and oxygen atoms in total. The first kappa shape index (κ1) is 10.0. The Morgan fingerprint density at radius 2 is 2.08 bits per heavy atom. The zero-order valence-corrected chi connectivity index (χ0v) is 8.47. The van der Waals surface area contributed by atoms with Gasteiger partial charge < -0.3 is 10.1 Å². The maximum absolute atomic E-state index is 5.70. The van der Waals surface area contributed by atoms with Gasteiger partial charge >= 0.3 is 0 Å². The molecule has 72 valence electrons. The Kier molecular flexibility index (Phi) is 4.02. The molecule has 2 atom stereocenters. The third-order valence-corrected chi connectivity index (χ3v) is 2.49. The van der Waals surface area contributed by atoms with Crippen LogP contribution in [0.5, 0.6) is 0 Å². The molecule has 1 aliphatic rings. The summed E-state index contributed by atoms with van der Waals surface area (Å²) in [6, 6.07) is 0.569. The van der Waals surface area contributed by atoms with E-state index in [0.717, 1.165) is 18.9 Å². The molecule has 12 heavy (non-hydrogen) atoms. The van der Waals surface area contributed by atoms with Gasteiger partial charge in [0.15, 0.2) is 0 Å². The largest absolute Gasteiger partial charge is 0.378 e. The van der Waals surface area contributed by atoms with E-state index in [4.69, 9.17) is 4.74 Å². The molecule has 2 heteroatoms. The molecule has 0 aliphatic heterocycles. The molecule has 1 saturated carbocycles. The summed E-state index contributed by atoms with van der Waals surface area (Å²) in [5, 5.41) is 3.22. The SMILES string of the molecule is CNC(C)CC(C)OCC1CC1. The van der Waals surface area contributed by atoms with Crippen molar-refractivity contribution in [2.75, 3.05) is 13.7 Å². The van der Waals surface area contributed by atoms with Crippen molar-refractivity contribution in [2.24, 2.45) is 5.92 Å². The van der Waals surface area contributed by atoms with Crippen LogP contribution in [0.4, 0.5) is 0 Å². The summed E-state index contributed by atoms with van der Waals surface area (Å²) in [6.07, 6.45) is 4.29. The molecule has 0 aromatic heterocycles. The highest BCUT2D eigenvalue weighted by Gasteiger charge is 2.22. The molecule has 0 aromatic rings. The minimum absolute atomic E-state index is 0.410. The van der Waals surface area contributed by atoms with Gasteiger partial charge in [0.1, 0.15) is 0 Å².